The minimum Gasteiger partial charge on any atom is -0.241 e. The third-order valence-electron chi connectivity index (χ3n) is 3.09. The van der Waals surface area contributed by atoms with Crippen LogP contribution >= 0.6 is 0 Å². The number of fused-ring (bicyclic) bond motifs is 1. The van der Waals surface area contributed by atoms with Crippen LogP contribution in [0.1, 0.15) is 5.56 Å². The number of benzene rings is 2. The second-order valence-corrected chi connectivity index (χ2v) is 6.09. The zero-order valence-corrected chi connectivity index (χ0v) is 11.0. The highest BCUT2D eigenvalue weighted by molar-refractivity contribution is 7.90. The maximum absolute atomic E-state index is 12.6. The first-order chi connectivity index (χ1) is 9.10. The molecule has 1 radical (unpaired) electrons. The number of aromatic nitrogens is 1. The van der Waals surface area contributed by atoms with Crippen LogP contribution in [0.3, 0.4) is 0 Å². The first kappa shape index (κ1) is 12.0. The summed E-state index contributed by atoms with van der Waals surface area (Å²) in [7, 11) is -3.55. The van der Waals surface area contributed by atoms with Gasteiger partial charge in [0.25, 0.3) is 10.0 Å². The monoisotopic (exact) mass is 270 g/mol. The molecule has 0 unspecified atom stereocenters. The molecule has 0 aliphatic heterocycles. The van der Waals surface area contributed by atoms with Gasteiger partial charge < -0.3 is 0 Å². The van der Waals surface area contributed by atoms with Crippen molar-refractivity contribution >= 4 is 20.9 Å². The van der Waals surface area contributed by atoms with Gasteiger partial charge in [0.15, 0.2) is 0 Å². The van der Waals surface area contributed by atoms with E-state index in [-0.39, 0.29) is 4.90 Å². The molecule has 2 aromatic carbocycles. The van der Waals surface area contributed by atoms with Gasteiger partial charge in [-0.3, -0.25) is 0 Å². The van der Waals surface area contributed by atoms with Crippen molar-refractivity contribution in [2.24, 2.45) is 0 Å². The minimum atomic E-state index is -3.55. The Kier molecular flexibility index (Phi) is 2.68. The van der Waals surface area contributed by atoms with Crippen LogP contribution in [-0.2, 0) is 10.0 Å². The molecule has 1 heterocycles. The van der Waals surface area contributed by atoms with Crippen LogP contribution in [0.5, 0.6) is 0 Å². The Morgan fingerprint density at radius 1 is 0.895 bits per heavy atom. The van der Waals surface area contributed by atoms with Gasteiger partial charge in [-0.15, -0.1) is 0 Å². The fraction of sp³-hybridized carbons (Fsp3) is 0. The van der Waals surface area contributed by atoms with Crippen molar-refractivity contribution in [3.8, 4) is 0 Å². The highest BCUT2D eigenvalue weighted by Crippen LogP contribution is 2.24. The van der Waals surface area contributed by atoms with Crippen molar-refractivity contribution in [1.29, 1.82) is 0 Å². The lowest BCUT2D eigenvalue weighted by molar-refractivity contribution is 0.589. The molecule has 19 heavy (non-hydrogen) atoms. The SMILES string of the molecule is [CH2]c1cccc2c1ccn2S(=O)(=O)c1ccccc1. The van der Waals surface area contributed by atoms with Crippen molar-refractivity contribution in [1.82, 2.24) is 3.97 Å². The molecule has 3 nitrogen and oxygen atoms in total. The van der Waals surface area contributed by atoms with Gasteiger partial charge in [0, 0.05) is 11.6 Å². The summed E-state index contributed by atoms with van der Waals surface area (Å²) in [5.41, 5.74) is 1.47. The number of hydrogen-bond acceptors (Lipinski definition) is 2. The molecule has 0 aliphatic rings. The van der Waals surface area contributed by atoms with Crippen LogP contribution in [0.2, 0.25) is 0 Å². The van der Waals surface area contributed by atoms with Crippen molar-refractivity contribution in [3.63, 3.8) is 0 Å². The summed E-state index contributed by atoms with van der Waals surface area (Å²) in [5.74, 6) is 0. The normalized spacial score (nSPS) is 11.8. The van der Waals surface area contributed by atoms with Gasteiger partial charge in [0.1, 0.15) is 0 Å². The predicted molar refractivity (Wildman–Crippen MR) is 75.4 cm³/mol. The topological polar surface area (TPSA) is 39.1 Å². The maximum atomic E-state index is 12.6. The van der Waals surface area contributed by atoms with Crippen LogP contribution in [0.4, 0.5) is 0 Å². The Morgan fingerprint density at radius 3 is 2.37 bits per heavy atom. The lowest BCUT2D eigenvalue weighted by atomic mass is 10.1. The molecule has 0 saturated heterocycles. The Labute approximate surface area is 112 Å². The lowest BCUT2D eigenvalue weighted by Crippen LogP contribution is -2.11. The van der Waals surface area contributed by atoms with E-state index >= 15 is 0 Å². The largest absolute Gasteiger partial charge is 0.268 e. The molecule has 95 valence electrons. The van der Waals surface area contributed by atoms with Gasteiger partial charge in [-0.1, -0.05) is 30.3 Å². The quantitative estimate of drug-likeness (QED) is 0.718. The van der Waals surface area contributed by atoms with Crippen LogP contribution in [-0.4, -0.2) is 12.4 Å². The van der Waals surface area contributed by atoms with E-state index in [2.05, 4.69) is 6.92 Å². The summed E-state index contributed by atoms with van der Waals surface area (Å²) in [4.78, 5) is 0.280. The fourth-order valence-electron chi connectivity index (χ4n) is 2.12. The smallest absolute Gasteiger partial charge is 0.241 e. The molecule has 4 heteroatoms. The van der Waals surface area contributed by atoms with Gasteiger partial charge >= 0.3 is 0 Å². The minimum absolute atomic E-state index is 0.280. The molecular weight excluding hydrogens is 258 g/mol. The van der Waals surface area contributed by atoms with Crippen molar-refractivity contribution in [2.45, 2.75) is 4.90 Å². The Morgan fingerprint density at radius 2 is 1.63 bits per heavy atom. The van der Waals surface area contributed by atoms with E-state index in [1.54, 1.807) is 48.7 Å². The number of rotatable bonds is 2. The molecule has 0 fully saturated rings. The van der Waals surface area contributed by atoms with Crippen LogP contribution in [0.15, 0.2) is 65.7 Å². The van der Waals surface area contributed by atoms with Gasteiger partial charge in [-0.25, -0.2) is 12.4 Å². The summed E-state index contributed by atoms with van der Waals surface area (Å²) < 4.78 is 26.4. The molecule has 0 spiro atoms. The average molecular weight is 270 g/mol. The molecule has 0 N–H and O–H groups in total. The van der Waals surface area contributed by atoms with E-state index in [1.807, 2.05) is 12.1 Å². The summed E-state index contributed by atoms with van der Waals surface area (Å²) in [6.07, 6.45) is 1.57. The van der Waals surface area contributed by atoms with Crippen LogP contribution in [0, 0.1) is 6.92 Å². The lowest BCUT2D eigenvalue weighted by Gasteiger charge is -2.07. The van der Waals surface area contributed by atoms with Crippen molar-refractivity contribution in [2.75, 3.05) is 0 Å². The first-order valence-electron chi connectivity index (χ1n) is 5.83. The maximum Gasteiger partial charge on any atom is 0.268 e. The number of nitrogens with zero attached hydrogens (tertiary/aromatic N) is 1. The van der Waals surface area contributed by atoms with Crippen molar-refractivity contribution in [3.05, 3.63) is 73.3 Å². The fourth-order valence-corrected chi connectivity index (χ4v) is 3.49. The molecule has 0 bridgehead atoms. The van der Waals surface area contributed by atoms with Gasteiger partial charge in [0.05, 0.1) is 10.4 Å². The molecule has 0 aliphatic carbocycles. The van der Waals surface area contributed by atoms with Crippen LogP contribution < -0.4 is 0 Å². The van der Waals surface area contributed by atoms with E-state index in [4.69, 9.17) is 0 Å². The Balaban J connectivity index is 2.29. The van der Waals surface area contributed by atoms with E-state index < -0.39 is 10.0 Å². The average Bonchev–Trinajstić information content (AvgIpc) is 2.86. The van der Waals surface area contributed by atoms with E-state index in [0.717, 1.165) is 10.9 Å². The third kappa shape index (κ3) is 1.85. The summed E-state index contributed by atoms with van der Waals surface area (Å²) in [6.45, 7) is 3.91. The zero-order valence-electron chi connectivity index (χ0n) is 10.2. The van der Waals surface area contributed by atoms with E-state index in [9.17, 15) is 8.42 Å². The summed E-state index contributed by atoms with van der Waals surface area (Å²) in [5, 5.41) is 0.849. The Bertz CT molecular complexity index is 833. The van der Waals surface area contributed by atoms with Gasteiger partial charge in [-0.05, 0) is 36.8 Å². The molecule has 1 aromatic heterocycles. The van der Waals surface area contributed by atoms with Gasteiger partial charge in [-0.2, -0.15) is 0 Å². The van der Waals surface area contributed by atoms with E-state index in [1.165, 1.54) is 3.97 Å². The molecule has 3 aromatic rings. The predicted octanol–water partition coefficient (Wildman–Crippen LogP) is 3.06. The Hall–Kier alpha value is -2.07. The molecule has 0 atom stereocenters. The summed E-state index contributed by atoms with van der Waals surface area (Å²) >= 11 is 0. The highest BCUT2D eigenvalue weighted by atomic mass is 32.2. The van der Waals surface area contributed by atoms with E-state index in [0.29, 0.717) is 5.52 Å². The van der Waals surface area contributed by atoms with Crippen LogP contribution in [0.25, 0.3) is 10.9 Å². The molecular formula is C15H12NO2S. The highest BCUT2D eigenvalue weighted by Gasteiger charge is 2.18. The zero-order chi connectivity index (χ0) is 13.5. The van der Waals surface area contributed by atoms with Crippen molar-refractivity contribution < 1.29 is 8.42 Å². The molecule has 3 rings (SSSR count). The summed E-state index contributed by atoms with van der Waals surface area (Å²) in [6, 6.07) is 15.6. The molecule has 0 amide bonds. The third-order valence-corrected chi connectivity index (χ3v) is 4.79. The molecule has 0 saturated carbocycles. The standard InChI is InChI=1S/C15H12NO2S/c1-12-6-5-9-15-14(12)10-11-16(15)19(17,18)13-7-3-2-4-8-13/h2-11H,1H2. The number of hydrogen-bond donors (Lipinski definition) is 0. The second-order valence-electron chi connectivity index (χ2n) is 4.28. The first-order valence-corrected chi connectivity index (χ1v) is 7.27. The van der Waals surface area contributed by atoms with Gasteiger partial charge in [0.2, 0.25) is 0 Å². The second kappa shape index (κ2) is 4.24.